The van der Waals surface area contributed by atoms with Crippen molar-refractivity contribution >= 4 is 14.2 Å². The van der Waals surface area contributed by atoms with Crippen molar-refractivity contribution in [2.24, 2.45) is 0 Å². The molecule has 2 nitrogen and oxygen atoms in total. The van der Waals surface area contributed by atoms with Gasteiger partial charge in [-0.2, -0.15) is 10.5 Å². The lowest BCUT2D eigenvalue weighted by Gasteiger charge is -2.04. The van der Waals surface area contributed by atoms with Crippen molar-refractivity contribution in [2.75, 3.05) is 13.3 Å². The number of nitrogens with zero attached hydrogens (tertiary/aromatic N) is 2. The second-order valence-corrected chi connectivity index (χ2v) is 6.25. The van der Waals surface area contributed by atoms with Gasteiger partial charge in [0, 0.05) is 5.57 Å². The predicted molar refractivity (Wildman–Crippen MR) is 98.7 cm³/mol. The van der Waals surface area contributed by atoms with Gasteiger partial charge in [-0.25, -0.2) is 0 Å². The minimum atomic E-state index is 0.185. The zero-order valence-corrected chi connectivity index (χ0v) is 14.6. The molecule has 0 amide bonds. The van der Waals surface area contributed by atoms with E-state index >= 15 is 0 Å². The highest BCUT2D eigenvalue weighted by molar-refractivity contribution is 7.35. The summed E-state index contributed by atoms with van der Waals surface area (Å²) in [6, 6.07) is 18.3. The van der Waals surface area contributed by atoms with Crippen molar-refractivity contribution in [3.05, 3.63) is 64.7 Å². The summed E-state index contributed by atoms with van der Waals surface area (Å²) in [5.74, 6) is 0. The number of hydrogen-bond donors (Lipinski definition) is 0. The van der Waals surface area contributed by atoms with Crippen molar-refractivity contribution in [3.63, 3.8) is 0 Å². The van der Waals surface area contributed by atoms with Gasteiger partial charge in [0.2, 0.25) is 0 Å². The van der Waals surface area contributed by atoms with Gasteiger partial charge in [-0.15, -0.1) is 8.58 Å². The van der Waals surface area contributed by atoms with Crippen molar-refractivity contribution in [2.45, 2.75) is 13.3 Å². The molecule has 2 aromatic carbocycles. The zero-order valence-electron chi connectivity index (χ0n) is 13.6. The molecule has 0 spiro atoms. The van der Waals surface area contributed by atoms with E-state index in [1.165, 1.54) is 5.56 Å². The van der Waals surface area contributed by atoms with E-state index < -0.39 is 0 Å². The van der Waals surface area contributed by atoms with Crippen molar-refractivity contribution in [1.29, 1.82) is 10.5 Å². The van der Waals surface area contributed by atoms with Crippen LogP contribution in [0.4, 0.5) is 0 Å². The lowest BCUT2D eigenvalue weighted by atomic mass is 9.97. The maximum atomic E-state index is 9.23. The number of allylic oxidation sites excluding steroid dienone is 1. The molecule has 23 heavy (non-hydrogen) atoms. The van der Waals surface area contributed by atoms with Gasteiger partial charge < -0.3 is 0 Å². The summed E-state index contributed by atoms with van der Waals surface area (Å²) in [4.78, 5) is 0. The number of fused-ring (bicyclic) bond motifs is 3. The Hall–Kier alpha value is -2.41. The Kier molecular flexibility index (Phi) is 5.70. The van der Waals surface area contributed by atoms with Gasteiger partial charge in [-0.3, -0.25) is 0 Å². The van der Waals surface area contributed by atoms with E-state index in [4.69, 9.17) is 0 Å². The van der Waals surface area contributed by atoms with Crippen LogP contribution in [-0.4, -0.2) is 13.3 Å². The topological polar surface area (TPSA) is 47.6 Å². The second kappa shape index (κ2) is 7.73. The molecule has 0 saturated carbocycles. The highest BCUT2D eigenvalue weighted by atomic mass is 31.1. The number of nitriles is 2. The average molecular weight is 318 g/mol. The van der Waals surface area contributed by atoms with Crippen LogP contribution in [0, 0.1) is 22.7 Å². The molecule has 0 radical (unpaired) electrons. The number of rotatable bonds is 1. The Balaban J connectivity index is 0.000000595. The van der Waals surface area contributed by atoms with Gasteiger partial charge in [0.1, 0.15) is 17.7 Å². The first-order chi connectivity index (χ1) is 11.2. The smallest absolute Gasteiger partial charge is 0.138 e. The summed E-state index contributed by atoms with van der Waals surface area (Å²) in [6.07, 6.45) is 0.936. The van der Waals surface area contributed by atoms with Crippen LogP contribution in [0.15, 0.2) is 48.0 Å². The van der Waals surface area contributed by atoms with Crippen molar-refractivity contribution in [3.8, 4) is 23.3 Å². The first-order valence-electron chi connectivity index (χ1n) is 7.57. The lowest BCUT2D eigenvalue weighted by Crippen LogP contribution is -1.89. The van der Waals surface area contributed by atoms with Gasteiger partial charge in [-0.1, -0.05) is 49.4 Å². The van der Waals surface area contributed by atoms with Crippen LogP contribution >= 0.6 is 8.58 Å². The Morgan fingerprint density at radius 1 is 0.913 bits per heavy atom. The molecule has 1 aliphatic carbocycles. The third-order valence-corrected chi connectivity index (χ3v) is 3.72. The summed E-state index contributed by atoms with van der Waals surface area (Å²) < 4.78 is 0. The maximum Gasteiger partial charge on any atom is 0.138 e. The van der Waals surface area contributed by atoms with E-state index in [1.807, 2.05) is 36.4 Å². The molecule has 0 heterocycles. The van der Waals surface area contributed by atoms with Gasteiger partial charge in [0.05, 0.1) is 0 Å². The molecular formula is C20H19N2P. The highest BCUT2D eigenvalue weighted by Gasteiger charge is 2.26. The quantitative estimate of drug-likeness (QED) is 0.468. The molecule has 1 aliphatic rings. The highest BCUT2D eigenvalue weighted by Crippen LogP contribution is 2.45. The minimum absolute atomic E-state index is 0.185. The standard InChI is InChI=1S/C18H12N2.C2H7P/c1-2-12-7-8-15-14-5-3-4-6-16(14)18(17(15)9-12)13(10-19)11-20;1-3-2/h3-9H,2H2,1H3;3H,1-2H3. The first-order valence-corrected chi connectivity index (χ1v) is 9.57. The monoisotopic (exact) mass is 318 g/mol. The SMILES string of the molecule is CCc1ccc2c(c1)C(=C(C#N)C#N)c1ccccc1-2.CPC. The Morgan fingerprint density at radius 2 is 1.48 bits per heavy atom. The van der Waals surface area contributed by atoms with Crippen LogP contribution in [0.5, 0.6) is 0 Å². The molecule has 0 saturated heterocycles. The van der Waals surface area contributed by atoms with E-state index in [9.17, 15) is 10.5 Å². The van der Waals surface area contributed by atoms with E-state index in [2.05, 4.69) is 38.5 Å². The van der Waals surface area contributed by atoms with Crippen LogP contribution in [0.1, 0.15) is 23.6 Å². The molecule has 0 atom stereocenters. The van der Waals surface area contributed by atoms with Crippen LogP contribution in [0.3, 0.4) is 0 Å². The third-order valence-electron chi connectivity index (χ3n) is 3.72. The molecule has 0 aliphatic heterocycles. The van der Waals surface area contributed by atoms with Gasteiger partial charge in [0.15, 0.2) is 0 Å². The number of hydrogen-bond acceptors (Lipinski definition) is 2. The fourth-order valence-corrected chi connectivity index (χ4v) is 2.74. The normalized spacial score (nSPS) is 10.6. The maximum absolute atomic E-state index is 9.23. The Labute approximate surface area is 139 Å². The molecule has 0 bridgehead atoms. The summed E-state index contributed by atoms with van der Waals surface area (Å²) in [7, 11) is 1.08. The minimum Gasteiger partial charge on any atom is -0.192 e. The lowest BCUT2D eigenvalue weighted by molar-refractivity contribution is 1.14. The van der Waals surface area contributed by atoms with Crippen LogP contribution < -0.4 is 0 Å². The largest absolute Gasteiger partial charge is 0.192 e. The van der Waals surface area contributed by atoms with E-state index in [-0.39, 0.29) is 5.57 Å². The van der Waals surface area contributed by atoms with Crippen LogP contribution in [0.2, 0.25) is 0 Å². The molecule has 0 unspecified atom stereocenters. The predicted octanol–water partition coefficient (Wildman–Crippen LogP) is 5.00. The molecule has 0 aromatic heterocycles. The van der Waals surface area contributed by atoms with E-state index in [0.717, 1.165) is 42.8 Å². The molecule has 0 fully saturated rings. The zero-order chi connectivity index (χ0) is 16.8. The molecule has 2 aromatic rings. The van der Waals surface area contributed by atoms with Crippen molar-refractivity contribution < 1.29 is 0 Å². The fraction of sp³-hybridized carbons (Fsp3) is 0.200. The molecule has 3 heteroatoms. The Morgan fingerprint density at radius 3 is 2.04 bits per heavy atom. The van der Waals surface area contributed by atoms with Gasteiger partial charge in [-0.05, 0) is 47.6 Å². The summed E-state index contributed by atoms with van der Waals surface area (Å²) in [6.45, 7) is 6.41. The van der Waals surface area contributed by atoms with E-state index in [1.54, 1.807) is 0 Å². The summed E-state index contributed by atoms with van der Waals surface area (Å²) in [5.41, 5.74) is 6.36. The fourth-order valence-electron chi connectivity index (χ4n) is 2.74. The number of aryl methyl sites for hydroxylation is 1. The Bertz CT molecular complexity index is 819. The molecule has 3 rings (SSSR count). The molecular weight excluding hydrogens is 299 g/mol. The van der Waals surface area contributed by atoms with Gasteiger partial charge in [0.25, 0.3) is 0 Å². The average Bonchev–Trinajstić information content (AvgIpc) is 2.91. The van der Waals surface area contributed by atoms with Crippen molar-refractivity contribution in [1.82, 2.24) is 0 Å². The molecule has 114 valence electrons. The summed E-state index contributed by atoms with van der Waals surface area (Å²) in [5, 5.41) is 18.5. The molecule has 0 N–H and O–H groups in total. The van der Waals surface area contributed by atoms with E-state index in [0.29, 0.717) is 0 Å². The number of benzene rings is 2. The second-order valence-electron chi connectivity index (χ2n) is 5.25. The summed E-state index contributed by atoms with van der Waals surface area (Å²) >= 11 is 0. The van der Waals surface area contributed by atoms with Crippen LogP contribution in [0.25, 0.3) is 16.7 Å². The first kappa shape index (κ1) is 17.0. The van der Waals surface area contributed by atoms with Gasteiger partial charge >= 0.3 is 0 Å². The van der Waals surface area contributed by atoms with Crippen LogP contribution in [-0.2, 0) is 6.42 Å². The third kappa shape index (κ3) is 3.19.